The lowest BCUT2D eigenvalue weighted by Crippen LogP contribution is -2.50. The summed E-state index contributed by atoms with van der Waals surface area (Å²) in [5.74, 6) is 1.77. The lowest BCUT2D eigenvalue weighted by molar-refractivity contribution is -0.215. The topological polar surface area (TPSA) is 34.6 Å². The molecule has 3 rings (SSSR count). The molecule has 1 aromatic heterocycles. The summed E-state index contributed by atoms with van der Waals surface area (Å²) >= 11 is 0. The van der Waals surface area contributed by atoms with Gasteiger partial charge in [0.2, 0.25) is 5.88 Å². The van der Waals surface area contributed by atoms with Crippen LogP contribution in [0.25, 0.3) is 0 Å². The first-order valence-electron chi connectivity index (χ1n) is 9.17. The van der Waals surface area contributed by atoms with Crippen molar-refractivity contribution in [1.29, 1.82) is 0 Å². The summed E-state index contributed by atoms with van der Waals surface area (Å²) in [7, 11) is 1.68. The van der Waals surface area contributed by atoms with Gasteiger partial charge in [0.25, 0.3) is 0 Å². The summed E-state index contributed by atoms with van der Waals surface area (Å²) in [6.07, 6.45) is 2.22. The molecule has 1 saturated heterocycles. The van der Waals surface area contributed by atoms with Crippen molar-refractivity contribution in [2.75, 3.05) is 7.11 Å². The number of hydrogen-bond acceptors (Lipinski definition) is 4. The number of hydroxylamine groups is 2. The zero-order valence-electron chi connectivity index (χ0n) is 16.2. The average Bonchev–Trinajstić information content (AvgIpc) is 2.79. The molecule has 134 valence electrons. The molecule has 1 aliphatic heterocycles. The van der Waals surface area contributed by atoms with Gasteiger partial charge < -0.3 is 4.74 Å². The molecule has 1 aromatic rings. The summed E-state index contributed by atoms with van der Waals surface area (Å²) in [6, 6.07) is 7.02. The standard InChI is InChI=1S/C20H32N2O2/c1-13(2)22-18-14(3)11-20(6,12-15(18)19(4,5)24-22)16-9-8-10-17(21-16)23-7/h8-10,13-15,18H,11-12H2,1-7H3/t14-,15+,18+,20+/m0/s1. The first-order chi connectivity index (χ1) is 11.2. The number of ether oxygens (including phenoxy) is 1. The van der Waals surface area contributed by atoms with E-state index in [-0.39, 0.29) is 11.0 Å². The van der Waals surface area contributed by atoms with Gasteiger partial charge in [-0.1, -0.05) is 19.9 Å². The van der Waals surface area contributed by atoms with Crippen LogP contribution in [0.5, 0.6) is 5.88 Å². The highest BCUT2D eigenvalue weighted by Crippen LogP contribution is 2.53. The fraction of sp³-hybridized carbons (Fsp3) is 0.750. The number of hydrogen-bond donors (Lipinski definition) is 0. The lowest BCUT2D eigenvalue weighted by Gasteiger charge is -2.46. The third-order valence-electron chi connectivity index (χ3n) is 6.03. The van der Waals surface area contributed by atoms with Gasteiger partial charge in [0.1, 0.15) is 0 Å². The predicted octanol–water partition coefficient (Wildman–Crippen LogP) is 4.20. The highest BCUT2D eigenvalue weighted by molar-refractivity contribution is 5.25. The Bertz CT molecular complexity index is 601. The van der Waals surface area contributed by atoms with Crippen LogP contribution in [0.3, 0.4) is 0 Å². The first-order valence-corrected chi connectivity index (χ1v) is 9.17. The minimum atomic E-state index is -0.135. The van der Waals surface area contributed by atoms with E-state index in [0.29, 0.717) is 29.8 Å². The van der Waals surface area contributed by atoms with Crippen molar-refractivity contribution >= 4 is 0 Å². The molecule has 2 fully saturated rings. The Morgan fingerprint density at radius 1 is 1.25 bits per heavy atom. The smallest absolute Gasteiger partial charge is 0.213 e. The van der Waals surface area contributed by atoms with Gasteiger partial charge in [0, 0.05) is 29.5 Å². The molecule has 4 atom stereocenters. The van der Waals surface area contributed by atoms with Gasteiger partial charge in [-0.3, -0.25) is 4.84 Å². The van der Waals surface area contributed by atoms with Crippen LogP contribution >= 0.6 is 0 Å². The summed E-state index contributed by atoms with van der Waals surface area (Å²) in [6.45, 7) is 13.7. The van der Waals surface area contributed by atoms with Crippen molar-refractivity contribution in [1.82, 2.24) is 10.0 Å². The van der Waals surface area contributed by atoms with E-state index >= 15 is 0 Å². The molecule has 0 aromatic carbocycles. The number of pyridine rings is 1. The molecule has 1 aliphatic carbocycles. The van der Waals surface area contributed by atoms with E-state index in [4.69, 9.17) is 14.6 Å². The van der Waals surface area contributed by atoms with Crippen molar-refractivity contribution < 1.29 is 9.57 Å². The van der Waals surface area contributed by atoms with Crippen LogP contribution in [-0.2, 0) is 10.3 Å². The summed E-state index contributed by atoms with van der Waals surface area (Å²) in [5, 5.41) is 2.26. The summed E-state index contributed by atoms with van der Waals surface area (Å²) in [5.41, 5.74) is 1.07. The molecule has 0 spiro atoms. The van der Waals surface area contributed by atoms with E-state index in [2.05, 4.69) is 58.7 Å². The number of fused-ring (bicyclic) bond motifs is 1. The largest absolute Gasteiger partial charge is 0.481 e. The average molecular weight is 332 g/mol. The molecule has 0 N–H and O–H groups in total. The van der Waals surface area contributed by atoms with Crippen LogP contribution in [-0.4, -0.2) is 34.8 Å². The second-order valence-electron chi connectivity index (χ2n) is 8.76. The minimum Gasteiger partial charge on any atom is -0.481 e. The van der Waals surface area contributed by atoms with E-state index in [1.165, 1.54) is 0 Å². The Morgan fingerprint density at radius 3 is 2.58 bits per heavy atom. The molecule has 2 aliphatic rings. The Balaban J connectivity index is 1.95. The van der Waals surface area contributed by atoms with Crippen LogP contribution in [0.1, 0.15) is 60.1 Å². The molecule has 24 heavy (non-hydrogen) atoms. The van der Waals surface area contributed by atoms with Crippen LogP contribution in [0.4, 0.5) is 0 Å². The third kappa shape index (κ3) is 2.84. The molecule has 1 saturated carbocycles. The monoisotopic (exact) mass is 332 g/mol. The Hall–Kier alpha value is -1.13. The maximum Gasteiger partial charge on any atom is 0.213 e. The molecule has 0 bridgehead atoms. The number of aromatic nitrogens is 1. The van der Waals surface area contributed by atoms with Crippen molar-refractivity contribution in [2.45, 2.75) is 77.5 Å². The molecule has 2 heterocycles. The first kappa shape index (κ1) is 17.7. The highest BCUT2D eigenvalue weighted by Gasteiger charge is 2.57. The molecular formula is C20H32N2O2. The second-order valence-corrected chi connectivity index (χ2v) is 8.76. The summed E-state index contributed by atoms with van der Waals surface area (Å²) in [4.78, 5) is 11.2. The van der Waals surface area contributed by atoms with Gasteiger partial charge in [-0.15, -0.1) is 0 Å². The maximum absolute atomic E-state index is 6.39. The van der Waals surface area contributed by atoms with Gasteiger partial charge in [-0.05, 0) is 52.5 Å². The maximum atomic E-state index is 6.39. The van der Waals surface area contributed by atoms with Crippen LogP contribution in [0, 0.1) is 11.8 Å². The van der Waals surface area contributed by atoms with E-state index in [1.54, 1.807) is 7.11 Å². The third-order valence-corrected chi connectivity index (χ3v) is 6.03. The minimum absolute atomic E-state index is 0.0583. The fourth-order valence-electron chi connectivity index (χ4n) is 4.93. The molecule has 0 unspecified atom stereocenters. The van der Waals surface area contributed by atoms with Crippen molar-refractivity contribution in [2.24, 2.45) is 11.8 Å². The zero-order valence-corrected chi connectivity index (χ0v) is 16.2. The van der Waals surface area contributed by atoms with Gasteiger partial charge in [0.05, 0.1) is 18.4 Å². The number of methoxy groups -OCH3 is 1. The number of rotatable bonds is 3. The van der Waals surface area contributed by atoms with E-state index in [0.717, 1.165) is 18.5 Å². The quantitative estimate of drug-likeness (QED) is 0.831. The molecule has 4 heteroatoms. The molecule has 0 radical (unpaired) electrons. The molecule has 4 nitrogen and oxygen atoms in total. The van der Waals surface area contributed by atoms with E-state index < -0.39 is 0 Å². The Morgan fingerprint density at radius 2 is 1.96 bits per heavy atom. The van der Waals surface area contributed by atoms with Crippen LogP contribution in [0.2, 0.25) is 0 Å². The second kappa shape index (κ2) is 5.99. The molecule has 0 amide bonds. The van der Waals surface area contributed by atoms with Crippen LogP contribution in [0.15, 0.2) is 18.2 Å². The van der Waals surface area contributed by atoms with Gasteiger partial charge in [-0.2, -0.15) is 5.06 Å². The summed E-state index contributed by atoms with van der Waals surface area (Å²) < 4.78 is 5.35. The van der Waals surface area contributed by atoms with Gasteiger partial charge >= 0.3 is 0 Å². The van der Waals surface area contributed by atoms with Gasteiger partial charge in [0.15, 0.2) is 0 Å². The SMILES string of the molecule is COc1cccc([C@@]2(C)C[C@@H]3[C@@H]([C@@H](C)C2)N(C(C)C)OC3(C)C)n1. The molecular weight excluding hydrogens is 300 g/mol. The van der Waals surface area contributed by atoms with E-state index in [1.807, 2.05) is 6.07 Å². The van der Waals surface area contributed by atoms with Gasteiger partial charge in [-0.25, -0.2) is 4.98 Å². The lowest BCUT2D eigenvalue weighted by atomic mass is 9.60. The zero-order chi connectivity index (χ0) is 17.7. The van der Waals surface area contributed by atoms with Crippen molar-refractivity contribution in [3.8, 4) is 5.88 Å². The van der Waals surface area contributed by atoms with E-state index in [9.17, 15) is 0 Å². The van der Waals surface area contributed by atoms with Crippen molar-refractivity contribution in [3.05, 3.63) is 23.9 Å². The van der Waals surface area contributed by atoms with Crippen molar-refractivity contribution in [3.63, 3.8) is 0 Å². The Labute approximate surface area is 146 Å². The highest BCUT2D eigenvalue weighted by atomic mass is 16.7. The fourth-order valence-corrected chi connectivity index (χ4v) is 4.93. The Kier molecular flexibility index (Phi) is 4.42. The number of nitrogens with zero attached hydrogens (tertiary/aromatic N) is 2. The normalized spacial score (nSPS) is 35.9. The van der Waals surface area contributed by atoms with Crippen LogP contribution < -0.4 is 4.74 Å². The predicted molar refractivity (Wildman–Crippen MR) is 96.0 cm³/mol.